The lowest BCUT2D eigenvalue weighted by Crippen LogP contribution is -2.29. The Morgan fingerprint density at radius 3 is 2.29 bits per heavy atom. The average molecular weight is 265 g/mol. The van der Waals surface area contributed by atoms with E-state index in [1.165, 1.54) is 6.92 Å². The first-order valence-electron chi connectivity index (χ1n) is 5.49. The van der Waals surface area contributed by atoms with Gasteiger partial charge in [0.2, 0.25) is 5.91 Å². The van der Waals surface area contributed by atoms with Crippen LogP contribution in [0, 0.1) is 0 Å². The van der Waals surface area contributed by atoms with Gasteiger partial charge in [0, 0.05) is 19.2 Å². The molecule has 0 fully saturated rings. The van der Waals surface area contributed by atoms with Crippen molar-refractivity contribution in [2.24, 2.45) is 11.5 Å². The minimum absolute atomic E-state index is 0.00838. The number of thiol groups is 1. The largest absolute Gasteiger partial charge is 0.480 e. The van der Waals surface area contributed by atoms with Gasteiger partial charge >= 0.3 is 5.97 Å². The third kappa shape index (κ3) is 17.8. The van der Waals surface area contributed by atoms with Crippen LogP contribution in [0.5, 0.6) is 0 Å². The molecule has 0 aromatic heterocycles. The summed E-state index contributed by atoms with van der Waals surface area (Å²) in [6.07, 6.45) is 2.16. The van der Waals surface area contributed by atoms with Gasteiger partial charge in [-0.3, -0.25) is 9.59 Å². The Labute approximate surface area is 108 Å². The number of hydrogen-bond donors (Lipinski definition) is 5. The fraction of sp³-hybridized carbons (Fsp3) is 0.800. The fourth-order valence-electron chi connectivity index (χ4n) is 0.864. The van der Waals surface area contributed by atoms with Crippen LogP contribution in [0.4, 0.5) is 0 Å². The van der Waals surface area contributed by atoms with Crippen LogP contribution in [0.3, 0.4) is 0 Å². The van der Waals surface area contributed by atoms with Crippen LogP contribution in [-0.2, 0) is 9.59 Å². The molecule has 0 aliphatic heterocycles. The summed E-state index contributed by atoms with van der Waals surface area (Å²) in [4.78, 5) is 20.2. The second kappa shape index (κ2) is 13.3. The van der Waals surface area contributed by atoms with Crippen molar-refractivity contribution in [2.75, 3.05) is 18.8 Å². The molecule has 102 valence electrons. The van der Waals surface area contributed by atoms with E-state index in [0.29, 0.717) is 25.3 Å². The monoisotopic (exact) mass is 265 g/mol. The average Bonchev–Trinajstić information content (AvgIpc) is 2.27. The molecule has 0 rings (SSSR count). The van der Waals surface area contributed by atoms with E-state index >= 15 is 0 Å². The Balaban J connectivity index is 0. The molecule has 0 heterocycles. The van der Waals surface area contributed by atoms with Crippen LogP contribution in [0.2, 0.25) is 0 Å². The topological polar surface area (TPSA) is 118 Å². The number of carbonyl (C=O) groups excluding carboxylic acids is 1. The predicted octanol–water partition coefficient (Wildman–Crippen LogP) is -0.420. The molecule has 0 spiro atoms. The van der Waals surface area contributed by atoms with Crippen molar-refractivity contribution in [3.8, 4) is 0 Å². The molecule has 0 aromatic rings. The highest BCUT2D eigenvalue weighted by Gasteiger charge is 2.09. The number of unbranched alkanes of at least 4 members (excludes halogenated alkanes) is 1. The lowest BCUT2D eigenvalue weighted by Gasteiger charge is -2.03. The van der Waals surface area contributed by atoms with Crippen molar-refractivity contribution < 1.29 is 14.7 Å². The third-order valence-electron chi connectivity index (χ3n) is 1.77. The fourth-order valence-corrected chi connectivity index (χ4v) is 0.976. The Hall–Kier alpha value is -0.790. The Kier molecular flexibility index (Phi) is 14.5. The van der Waals surface area contributed by atoms with Crippen molar-refractivity contribution in [3.63, 3.8) is 0 Å². The van der Waals surface area contributed by atoms with Crippen LogP contribution in [-0.4, -0.2) is 41.9 Å². The number of nitrogens with one attached hydrogen (secondary N) is 1. The van der Waals surface area contributed by atoms with E-state index in [4.69, 9.17) is 16.6 Å². The van der Waals surface area contributed by atoms with Gasteiger partial charge in [-0.15, -0.1) is 0 Å². The van der Waals surface area contributed by atoms with Gasteiger partial charge in [-0.05, 0) is 19.4 Å². The van der Waals surface area contributed by atoms with Gasteiger partial charge in [0.15, 0.2) is 0 Å². The van der Waals surface area contributed by atoms with Gasteiger partial charge in [-0.25, -0.2) is 0 Å². The van der Waals surface area contributed by atoms with Gasteiger partial charge in [-0.1, -0.05) is 6.42 Å². The van der Waals surface area contributed by atoms with Crippen LogP contribution < -0.4 is 16.8 Å². The molecule has 0 aliphatic carbocycles. The van der Waals surface area contributed by atoms with Gasteiger partial charge in [0.05, 0.1) is 0 Å². The summed E-state index contributed by atoms with van der Waals surface area (Å²) in [6.45, 7) is 2.76. The first-order valence-corrected chi connectivity index (χ1v) is 6.12. The predicted molar refractivity (Wildman–Crippen MR) is 71.1 cm³/mol. The van der Waals surface area contributed by atoms with Gasteiger partial charge in [0.25, 0.3) is 0 Å². The van der Waals surface area contributed by atoms with Crippen LogP contribution in [0.25, 0.3) is 0 Å². The lowest BCUT2D eigenvalue weighted by molar-refractivity contribution is -0.138. The molecule has 1 unspecified atom stereocenters. The molecule has 1 amide bonds. The van der Waals surface area contributed by atoms with Gasteiger partial charge < -0.3 is 21.9 Å². The molecule has 7 heteroatoms. The molecule has 0 aromatic carbocycles. The second-order valence-corrected chi connectivity index (χ2v) is 3.88. The second-order valence-electron chi connectivity index (χ2n) is 3.44. The molecule has 0 saturated carbocycles. The molecule has 17 heavy (non-hydrogen) atoms. The molecule has 6 N–H and O–H groups in total. The van der Waals surface area contributed by atoms with Crippen LogP contribution in [0.15, 0.2) is 0 Å². The summed E-state index contributed by atoms with van der Waals surface area (Å²) in [7, 11) is 0. The first-order chi connectivity index (χ1) is 7.95. The normalized spacial score (nSPS) is 11.1. The van der Waals surface area contributed by atoms with E-state index in [9.17, 15) is 9.59 Å². The maximum Gasteiger partial charge on any atom is 0.320 e. The Morgan fingerprint density at radius 2 is 2.00 bits per heavy atom. The summed E-state index contributed by atoms with van der Waals surface area (Å²) >= 11 is 3.88. The number of hydrogen-bond acceptors (Lipinski definition) is 5. The maximum atomic E-state index is 10.1. The van der Waals surface area contributed by atoms with Crippen molar-refractivity contribution in [3.05, 3.63) is 0 Å². The molecular formula is C10H23N3O3S. The molecule has 0 saturated heterocycles. The molecule has 1 atom stereocenters. The molecule has 0 radical (unpaired) electrons. The van der Waals surface area contributed by atoms with Gasteiger partial charge in [0.1, 0.15) is 6.04 Å². The lowest BCUT2D eigenvalue weighted by atomic mass is 10.1. The van der Waals surface area contributed by atoms with E-state index in [-0.39, 0.29) is 5.91 Å². The summed E-state index contributed by atoms with van der Waals surface area (Å²) in [5.41, 5.74) is 10.4. The summed E-state index contributed by atoms with van der Waals surface area (Å²) in [5, 5.41) is 10.9. The minimum atomic E-state index is -0.933. The van der Waals surface area contributed by atoms with Crippen LogP contribution in [0.1, 0.15) is 26.2 Å². The standard InChI is InChI=1S/C6H14N2O2.C4H9NOS/c7-4-2-1-3-5(8)6(9)10;1-4(6)5-2-3-7/h5H,1-4,7-8H2,(H,9,10);7H,2-3H2,1H3,(H,5,6). The zero-order valence-electron chi connectivity index (χ0n) is 10.2. The number of aliphatic carboxylic acids is 1. The van der Waals surface area contributed by atoms with E-state index in [0.717, 1.165) is 12.8 Å². The van der Waals surface area contributed by atoms with Crippen molar-refractivity contribution in [1.29, 1.82) is 0 Å². The zero-order chi connectivity index (χ0) is 13.7. The third-order valence-corrected chi connectivity index (χ3v) is 2.00. The minimum Gasteiger partial charge on any atom is -0.480 e. The number of rotatable bonds is 7. The number of carbonyl (C=O) groups is 2. The number of carboxylic acids is 1. The Bertz CT molecular complexity index is 215. The molecule has 0 aliphatic rings. The van der Waals surface area contributed by atoms with E-state index in [1.807, 2.05) is 0 Å². The van der Waals surface area contributed by atoms with Crippen molar-refractivity contribution in [1.82, 2.24) is 5.32 Å². The molecule has 0 bridgehead atoms. The highest BCUT2D eigenvalue weighted by Crippen LogP contribution is 1.96. The van der Waals surface area contributed by atoms with Gasteiger partial charge in [-0.2, -0.15) is 12.6 Å². The highest BCUT2D eigenvalue weighted by atomic mass is 32.1. The number of carboxylic acid groups (broad SMARTS) is 1. The summed E-state index contributed by atoms with van der Waals surface area (Å²) < 4.78 is 0. The van der Waals surface area contributed by atoms with E-state index in [1.54, 1.807) is 0 Å². The molecule has 6 nitrogen and oxygen atoms in total. The first kappa shape index (κ1) is 18.6. The number of nitrogens with two attached hydrogens (primary N) is 2. The maximum absolute atomic E-state index is 10.1. The zero-order valence-corrected chi connectivity index (χ0v) is 11.1. The SMILES string of the molecule is CC(=O)NCCS.NCCCCC(N)C(=O)O. The summed E-state index contributed by atoms with van der Waals surface area (Å²) in [5.74, 6) is -0.217. The van der Waals surface area contributed by atoms with Crippen molar-refractivity contribution >= 4 is 24.5 Å². The van der Waals surface area contributed by atoms with E-state index in [2.05, 4.69) is 17.9 Å². The van der Waals surface area contributed by atoms with Crippen molar-refractivity contribution in [2.45, 2.75) is 32.2 Å². The summed E-state index contributed by atoms with van der Waals surface area (Å²) in [6, 6.07) is -0.716. The molecular weight excluding hydrogens is 242 g/mol. The van der Waals surface area contributed by atoms with Crippen LogP contribution >= 0.6 is 12.6 Å². The van der Waals surface area contributed by atoms with E-state index < -0.39 is 12.0 Å². The number of amides is 1. The smallest absolute Gasteiger partial charge is 0.320 e. The quantitative estimate of drug-likeness (QED) is 0.316. The Morgan fingerprint density at radius 1 is 1.41 bits per heavy atom. The highest BCUT2D eigenvalue weighted by molar-refractivity contribution is 7.80.